The van der Waals surface area contributed by atoms with Gasteiger partial charge >= 0.3 is 5.97 Å². The maximum Gasteiger partial charge on any atom is 0.306 e. The number of carbonyl (C=O) groups excluding carboxylic acids is 1. The molecule has 0 aromatic heterocycles. The van der Waals surface area contributed by atoms with E-state index in [0.29, 0.717) is 6.42 Å². The molecule has 0 aliphatic rings. The first-order valence-electron chi connectivity index (χ1n) is 8.60. The van der Waals surface area contributed by atoms with Crippen molar-refractivity contribution >= 4 is 17.6 Å². The maximum atomic E-state index is 11.4. The zero-order chi connectivity index (χ0) is 15.8. The van der Waals surface area contributed by atoms with E-state index in [4.69, 9.17) is 21.4 Å². The summed E-state index contributed by atoms with van der Waals surface area (Å²) in [5.74, 6) is -0.0915. The first-order chi connectivity index (χ1) is 10.2. The highest BCUT2D eigenvalue weighted by Crippen LogP contribution is 2.12. The van der Waals surface area contributed by atoms with Crippen molar-refractivity contribution in [1.29, 1.82) is 0 Å². The number of carbonyl (C=O) groups is 1. The van der Waals surface area contributed by atoms with Crippen LogP contribution in [0.25, 0.3) is 0 Å². The minimum atomic E-state index is -0.549. The van der Waals surface area contributed by atoms with E-state index in [2.05, 4.69) is 6.92 Å². The Bertz CT molecular complexity index is 230. The second-order valence-corrected chi connectivity index (χ2v) is 6.04. The molecule has 0 saturated carbocycles. The predicted octanol–water partition coefficient (Wildman–Crippen LogP) is 4.83. The van der Waals surface area contributed by atoms with Crippen molar-refractivity contribution in [3.8, 4) is 0 Å². The van der Waals surface area contributed by atoms with Crippen LogP contribution in [0.3, 0.4) is 0 Å². The number of ether oxygens (including phenoxy) is 1. The van der Waals surface area contributed by atoms with Crippen molar-refractivity contribution in [2.75, 3.05) is 12.5 Å². The Balaban J connectivity index is 3.23. The monoisotopic (exact) mass is 320 g/mol. The van der Waals surface area contributed by atoms with Crippen molar-refractivity contribution < 1.29 is 14.6 Å². The Morgan fingerprint density at radius 2 is 1.43 bits per heavy atom. The first-order valence-corrected chi connectivity index (χ1v) is 9.14. The fourth-order valence-corrected chi connectivity index (χ4v) is 2.46. The van der Waals surface area contributed by atoms with Crippen LogP contribution in [-0.4, -0.2) is 29.7 Å². The molecule has 21 heavy (non-hydrogen) atoms. The number of alkyl halides is 1. The quantitative estimate of drug-likeness (QED) is 0.267. The van der Waals surface area contributed by atoms with E-state index in [1.165, 1.54) is 57.8 Å². The number of hydrogen-bond acceptors (Lipinski definition) is 3. The fraction of sp³-hybridized carbons (Fsp3) is 0.941. The second kappa shape index (κ2) is 16.1. The molecular weight excluding hydrogens is 288 g/mol. The summed E-state index contributed by atoms with van der Waals surface area (Å²) in [6.07, 6.45) is 13.8. The smallest absolute Gasteiger partial charge is 0.306 e. The zero-order valence-corrected chi connectivity index (χ0v) is 14.4. The van der Waals surface area contributed by atoms with Gasteiger partial charge in [-0.25, -0.2) is 0 Å². The minimum Gasteiger partial charge on any atom is -0.459 e. The van der Waals surface area contributed by atoms with Crippen molar-refractivity contribution in [2.45, 2.75) is 90.1 Å². The third-order valence-electron chi connectivity index (χ3n) is 3.66. The van der Waals surface area contributed by atoms with Crippen LogP contribution in [0.2, 0.25) is 0 Å². The van der Waals surface area contributed by atoms with E-state index in [1.54, 1.807) is 0 Å². The lowest BCUT2D eigenvalue weighted by Crippen LogP contribution is -2.23. The second-order valence-electron chi connectivity index (χ2n) is 5.73. The summed E-state index contributed by atoms with van der Waals surface area (Å²) >= 11 is 5.55. The molecule has 0 aromatic rings. The van der Waals surface area contributed by atoms with E-state index in [1.807, 2.05) is 0 Å². The summed E-state index contributed by atoms with van der Waals surface area (Å²) in [6.45, 7) is 2.04. The lowest BCUT2D eigenvalue weighted by molar-refractivity contribution is -0.149. The molecule has 0 radical (unpaired) electrons. The van der Waals surface area contributed by atoms with E-state index in [9.17, 15) is 4.79 Å². The summed E-state index contributed by atoms with van der Waals surface area (Å²) in [5.41, 5.74) is 0. The van der Waals surface area contributed by atoms with E-state index in [0.717, 1.165) is 12.8 Å². The van der Waals surface area contributed by atoms with Crippen molar-refractivity contribution in [2.24, 2.45) is 0 Å². The van der Waals surface area contributed by atoms with Gasteiger partial charge in [0.25, 0.3) is 0 Å². The molecule has 1 atom stereocenters. The van der Waals surface area contributed by atoms with Crippen LogP contribution >= 0.6 is 11.6 Å². The SMILES string of the molecule is CCCCCCCCCCCCCC(=O)O[C@@H](CO)CCl. The summed E-state index contributed by atoms with van der Waals surface area (Å²) < 4.78 is 5.02. The molecule has 0 amide bonds. The van der Waals surface area contributed by atoms with Gasteiger partial charge in [0.05, 0.1) is 12.5 Å². The molecule has 0 fully saturated rings. The van der Waals surface area contributed by atoms with Gasteiger partial charge in [0.15, 0.2) is 0 Å². The van der Waals surface area contributed by atoms with Gasteiger partial charge in [0.1, 0.15) is 6.10 Å². The van der Waals surface area contributed by atoms with Gasteiger partial charge in [-0.3, -0.25) is 4.79 Å². The van der Waals surface area contributed by atoms with Crippen molar-refractivity contribution in [3.63, 3.8) is 0 Å². The van der Waals surface area contributed by atoms with Gasteiger partial charge in [-0.15, -0.1) is 11.6 Å². The summed E-state index contributed by atoms with van der Waals surface area (Å²) in [4.78, 5) is 11.4. The Kier molecular flexibility index (Phi) is 15.9. The Morgan fingerprint density at radius 3 is 1.86 bits per heavy atom. The number of esters is 1. The number of aliphatic hydroxyl groups is 1. The van der Waals surface area contributed by atoms with Crippen LogP contribution in [0.15, 0.2) is 0 Å². The van der Waals surface area contributed by atoms with Crippen LogP contribution in [0.5, 0.6) is 0 Å². The van der Waals surface area contributed by atoms with E-state index in [-0.39, 0.29) is 18.5 Å². The van der Waals surface area contributed by atoms with Gasteiger partial charge < -0.3 is 9.84 Å². The lowest BCUT2D eigenvalue weighted by Gasteiger charge is -2.12. The molecule has 3 nitrogen and oxygen atoms in total. The minimum absolute atomic E-state index is 0.153. The highest BCUT2D eigenvalue weighted by Gasteiger charge is 2.11. The first kappa shape index (κ1) is 20.7. The maximum absolute atomic E-state index is 11.4. The molecule has 0 bridgehead atoms. The summed E-state index contributed by atoms with van der Waals surface area (Å²) in [6, 6.07) is 0. The van der Waals surface area contributed by atoms with Gasteiger partial charge in [0, 0.05) is 6.42 Å². The summed E-state index contributed by atoms with van der Waals surface area (Å²) in [5, 5.41) is 8.87. The number of rotatable bonds is 15. The average Bonchev–Trinajstić information content (AvgIpc) is 2.50. The zero-order valence-electron chi connectivity index (χ0n) is 13.6. The van der Waals surface area contributed by atoms with E-state index < -0.39 is 6.10 Å². The van der Waals surface area contributed by atoms with Gasteiger partial charge in [0.2, 0.25) is 0 Å². The normalized spacial score (nSPS) is 12.3. The predicted molar refractivity (Wildman–Crippen MR) is 88.8 cm³/mol. The number of halogens is 1. The van der Waals surface area contributed by atoms with Gasteiger partial charge in [-0.05, 0) is 6.42 Å². The Labute approximate surface area is 135 Å². The lowest BCUT2D eigenvalue weighted by atomic mass is 10.1. The van der Waals surface area contributed by atoms with E-state index >= 15 is 0 Å². The molecule has 0 saturated heterocycles. The molecule has 1 N–H and O–H groups in total. The Hall–Kier alpha value is -0.280. The van der Waals surface area contributed by atoms with Gasteiger partial charge in [-0.2, -0.15) is 0 Å². The van der Waals surface area contributed by atoms with Crippen LogP contribution < -0.4 is 0 Å². The molecule has 0 aliphatic heterocycles. The van der Waals surface area contributed by atoms with Crippen LogP contribution in [0.4, 0.5) is 0 Å². The molecule has 0 aliphatic carbocycles. The number of aliphatic hydroxyl groups excluding tert-OH is 1. The van der Waals surface area contributed by atoms with Crippen molar-refractivity contribution in [3.05, 3.63) is 0 Å². The van der Waals surface area contributed by atoms with Gasteiger partial charge in [-0.1, -0.05) is 71.1 Å². The van der Waals surface area contributed by atoms with Crippen LogP contribution in [0.1, 0.15) is 84.0 Å². The Morgan fingerprint density at radius 1 is 0.952 bits per heavy atom. The highest BCUT2D eigenvalue weighted by atomic mass is 35.5. The molecule has 0 rings (SSSR count). The molecule has 4 heteroatoms. The highest BCUT2D eigenvalue weighted by molar-refractivity contribution is 6.18. The molecular formula is C17H33ClO3. The van der Waals surface area contributed by atoms with Crippen LogP contribution in [0, 0.1) is 0 Å². The largest absolute Gasteiger partial charge is 0.459 e. The third-order valence-corrected chi connectivity index (χ3v) is 4.00. The third kappa shape index (κ3) is 14.4. The topological polar surface area (TPSA) is 46.5 Å². The standard InChI is InChI=1S/C17H33ClO3/c1-2-3-4-5-6-7-8-9-10-11-12-13-17(20)21-16(14-18)15-19/h16,19H,2-15H2,1H3/t16-/m1/s1. The fourth-order valence-electron chi connectivity index (χ4n) is 2.30. The average molecular weight is 321 g/mol. The number of unbranched alkanes of at least 4 members (excludes halogenated alkanes) is 10. The molecule has 0 spiro atoms. The number of hydrogen-bond donors (Lipinski definition) is 1. The summed E-state index contributed by atoms with van der Waals surface area (Å²) in [7, 11) is 0. The van der Waals surface area contributed by atoms with Crippen LogP contribution in [-0.2, 0) is 9.53 Å². The molecule has 0 aromatic carbocycles. The molecule has 0 heterocycles. The molecule has 126 valence electrons. The molecule has 0 unspecified atom stereocenters. The van der Waals surface area contributed by atoms with Crippen molar-refractivity contribution in [1.82, 2.24) is 0 Å².